The Morgan fingerprint density at radius 3 is 2.22 bits per heavy atom. The van der Waals surface area contributed by atoms with Crippen molar-refractivity contribution in [2.45, 2.75) is 84.3 Å². The maximum Gasteiger partial charge on any atom is 0.244 e. The zero-order valence-corrected chi connectivity index (χ0v) is 23.4. The Morgan fingerprint density at radius 1 is 1.00 bits per heavy atom. The molecule has 0 spiro atoms. The maximum atomic E-state index is 13.8. The van der Waals surface area contributed by atoms with Crippen molar-refractivity contribution in [1.29, 1.82) is 0 Å². The molecule has 1 N–H and O–H groups in total. The number of benzene rings is 2. The van der Waals surface area contributed by atoms with Gasteiger partial charge in [-0.1, -0.05) is 69.5 Å². The molecule has 7 nitrogen and oxygen atoms in total. The van der Waals surface area contributed by atoms with Crippen molar-refractivity contribution in [3.8, 4) is 0 Å². The molecule has 0 aromatic heterocycles. The van der Waals surface area contributed by atoms with E-state index in [4.69, 9.17) is 0 Å². The molecule has 3 rings (SSSR count). The number of rotatable bonds is 11. The highest BCUT2D eigenvalue weighted by molar-refractivity contribution is 7.92. The van der Waals surface area contributed by atoms with Gasteiger partial charge in [0.1, 0.15) is 12.6 Å². The number of anilines is 1. The number of nitrogens with zero attached hydrogens (tertiary/aromatic N) is 2. The molecule has 37 heavy (non-hydrogen) atoms. The summed E-state index contributed by atoms with van der Waals surface area (Å²) in [6, 6.07) is 14.4. The lowest BCUT2D eigenvalue weighted by Crippen LogP contribution is -2.54. The Labute approximate surface area is 222 Å². The van der Waals surface area contributed by atoms with Gasteiger partial charge in [0, 0.05) is 12.6 Å². The molecule has 1 saturated carbocycles. The summed E-state index contributed by atoms with van der Waals surface area (Å²) in [5, 5.41) is 3.17. The molecule has 2 amide bonds. The molecular formula is C29H41N3O4S. The van der Waals surface area contributed by atoms with Crippen LogP contribution >= 0.6 is 0 Å². The predicted octanol–water partition coefficient (Wildman–Crippen LogP) is 4.58. The van der Waals surface area contributed by atoms with E-state index in [0.29, 0.717) is 12.1 Å². The summed E-state index contributed by atoms with van der Waals surface area (Å²) in [6.07, 6.45) is 7.63. The molecule has 202 valence electrons. The molecule has 1 aliphatic carbocycles. The van der Waals surface area contributed by atoms with Crippen LogP contribution in [0, 0.1) is 6.92 Å². The van der Waals surface area contributed by atoms with E-state index in [2.05, 4.69) is 5.32 Å². The van der Waals surface area contributed by atoms with E-state index in [9.17, 15) is 18.0 Å². The Bertz CT molecular complexity index is 1160. The van der Waals surface area contributed by atoms with Crippen LogP contribution in [0.3, 0.4) is 0 Å². The molecule has 0 bridgehead atoms. The number of carbonyl (C=O) groups is 2. The first-order valence-electron chi connectivity index (χ1n) is 13.3. The first-order chi connectivity index (χ1) is 17.6. The van der Waals surface area contributed by atoms with Gasteiger partial charge in [0.25, 0.3) is 0 Å². The van der Waals surface area contributed by atoms with Gasteiger partial charge in [-0.15, -0.1) is 0 Å². The third kappa shape index (κ3) is 7.81. The van der Waals surface area contributed by atoms with Crippen LogP contribution in [0.5, 0.6) is 0 Å². The minimum atomic E-state index is -3.74. The second-order valence-corrected chi connectivity index (χ2v) is 11.9. The topological polar surface area (TPSA) is 86.8 Å². The van der Waals surface area contributed by atoms with Crippen molar-refractivity contribution in [3.05, 3.63) is 65.2 Å². The number of aryl methyl sites for hydroxylation is 2. The van der Waals surface area contributed by atoms with Crippen LogP contribution in [0.15, 0.2) is 48.5 Å². The molecule has 8 heteroatoms. The highest BCUT2D eigenvalue weighted by Gasteiger charge is 2.33. The van der Waals surface area contributed by atoms with Crippen LogP contribution in [0.2, 0.25) is 0 Å². The van der Waals surface area contributed by atoms with E-state index < -0.39 is 22.0 Å². The molecule has 1 fully saturated rings. The number of hydrogen-bond acceptors (Lipinski definition) is 4. The SMILES string of the molecule is CCc1ccc(N(CC(=O)N(Cc2ccccc2C)[C@@H](CC)C(=O)NC2CCCCC2)S(C)(=O)=O)cc1. The minimum absolute atomic E-state index is 0.121. The second-order valence-electron chi connectivity index (χ2n) is 10.0. The van der Waals surface area contributed by atoms with Crippen LogP contribution in [0.4, 0.5) is 5.69 Å². The summed E-state index contributed by atoms with van der Waals surface area (Å²) < 4.78 is 26.7. The summed E-state index contributed by atoms with van der Waals surface area (Å²) in [5.74, 6) is -0.576. The summed E-state index contributed by atoms with van der Waals surface area (Å²) >= 11 is 0. The van der Waals surface area contributed by atoms with Crippen molar-refractivity contribution in [2.75, 3.05) is 17.1 Å². The van der Waals surface area contributed by atoms with E-state index in [1.807, 2.05) is 57.2 Å². The third-order valence-electron chi connectivity index (χ3n) is 7.25. The highest BCUT2D eigenvalue weighted by atomic mass is 32.2. The summed E-state index contributed by atoms with van der Waals surface area (Å²) in [7, 11) is -3.74. The smallest absolute Gasteiger partial charge is 0.244 e. The van der Waals surface area contributed by atoms with Crippen molar-refractivity contribution in [3.63, 3.8) is 0 Å². The largest absolute Gasteiger partial charge is 0.352 e. The average molecular weight is 528 g/mol. The molecular weight excluding hydrogens is 486 g/mol. The molecule has 0 unspecified atom stereocenters. The molecule has 1 aliphatic rings. The molecule has 1 atom stereocenters. The van der Waals surface area contributed by atoms with Crippen molar-refractivity contribution in [1.82, 2.24) is 10.2 Å². The lowest BCUT2D eigenvalue weighted by molar-refractivity contribution is -0.140. The van der Waals surface area contributed by atoms with Crippen molar-refractivity contribution < 1.29 is 18.0 Å². The summed E-state index contributed by atoms with van der Waals surface area (Å²) in [5.41, 5.74) is 3.45. The van der Waals surface area contributed by atoms with Crippen molar-refractivity contribution in [2.24, 2.45) is 0 Å². The third-order valence-corrected chi connectivity index (χ3v) is 8.39. The first-order valence-corrected chi connectivity index (χ1v) is 15.2. The van der Waals surface area contributed by atoms with E-state index in [1.165, 1.54) is 6.42 Å². The maximum absolute atomic E-state index is 13.8. The van der Waals surface area contributed by atoms with Gasteiger partial charge >= 0.3 is 0 Å². The molecule has 0 saturated heterocycles. The van der Waals surface area contributed by atoms with E-state index >= 15 is 0 Å². The number of carbonyl (C=O) groups excluding carboxylic acids is 2. The fourth-order valence-electron chi connectivity index (χ4n) is 4.95. The zero-order valence-electron chi connectivity index (χ0n) is 22.6. The van der Waals surface area contributed by atoms with Crippen LogP contribution in [-0.2, 0) is 32.6 Å². The number of nitrogens with one attached hydrogen (secondary N) is 1. The summed E-state index contributed by atoms with van der Waals surface area (Å²) in [4.78, 5) is 28.9. The van der Waals surface area contributed by atoms with Gasteiger partial charge in [0.2, 0.25) is 21.8 Å². The summed E-state index contributed by atoms with van der Waals surface area (Å²) in [6.45, 7) is 5.75. The monoisotopic (exact) mass is 527 g/mol. The fourth-order valence-corrected chi connectivity index (χ4v) is 5.80. The molecule has 0 radical (unpaired) electrons. The lowest BCUT2D eigenvalue weighted by atomic mass is 9.95. The molecule has 0 heterocycles. The second kappa shape index (κ2) is 13.1. The first kappa shape index (κ1) is 28.7. The van der Waals surface area contributed by atoms with Crippen LogP contribution in [0.25, 0.3) is 0 Å². The minimum Gasteiger partial charge on any atom is -0.352 e. The van der Waals surface area contributed by atoms with Gasteiger partial charge in [-0.2, -0.15) is 0 Å². The Morgan fingerprint density at radius 2 is 1.65 bits per heavy atom. The van der Waals surface area contributed by atoms with Gasteiger partial charge < -0.3 is 10.2 Å². The zero-order chi connectivity index (χ0) is 27.0. The van der Waals surface area contributed by atoms with Crippen molar-refractivity contribution >= 4 is 27.5 Å². The lowest BCUT2D eigenvalue weighted by Gasteiger charge is -2.34. The van der Waals surface area contributed by atoms with E-state index in [1.54, 1.807) is 17.0 Å². The Balaban J connectivity index is 1.91. The van der Waals surface area contributed by atoms with Gasteiger partial charge in [0.05, 0.1) is 11.9 Å². The Kier molecular flexibility index (Phi) is 10.1. The van der Waals surface area contributed by atoms with Gasteiger partial charge in [-0.3, -0.25) is 13.9 Å². The average Bonchev–Trinajstić information content (AvgIpc) is 2.88. The van der Waals surface area contributed by atoms with Crippen LogP contribution in [0.1, 0.15) is 69.1 Å². The van der Waals surface area contributed by atoms with Crippen LogP contribution in [-0.4, -0.2) is 50.0 Å². The molecule has 2 aromatic rings. The number of hydrogen-bond donors (Lipinski definition) is 1. The van der Waals surface area contributed by atoms with Gasteiger partial charge in [-0.25, -0.2) is 8.42 Å². The van der Waals surface area contributed by atoms with Crippen LogP contribution < -0.4 is 9.62 Å². The van der Waals surface area contributed by atoms with E-state index in [-0.39, 0.29) is 25.0 Å². The standard InChI is InChI=1S/C29H41N3O4S/c1-5-23-16-18-26(19-17-23)32(37(4,35)36)21-28(33)31(20-24-13-11-10-12-22(24)3)27(6-2)29(34)30-25-14-8-7-9-15-25/h10-13,16-19,25,27H,5-9,14-15,20-21H2,1-4H3,(H,30,34)/t27-/m0/s1. The predicted molar refractivity (Wildman–Crippen MR) is 149 cm³/mol. The number of sulfonamides is 1. The number of amides is 2. The van der Waals surface area contributed by atoms with Gasteiger partial charge in [-0.05, 0) is 61.4 Å². The highest BCUT2D eigenvalue weighted by Crippen LogP contribution is 2.22. The molecule has 0 aliphatic heterocycles. The molecule has 2 aromatic carbocycles. The normalized spacial score (nSPS) is 15.1. The van der Waals surface area contributed by atoms with Gasteiger partial charge in [0.15, 0.2) is 0 Å². The fraction of sp³-hybridized carbons (Fsp3) is 0.517. The Hall–Kier alpha value is -2.87. The quantitative estimate of drug-likeness (QED) is 0.463. The van der Waals surface area contributed by atoms with E-state index in [0.717, 1.165) is 59.4 Å².